The van der Waals surface area contributed by atoms with Crippen LogP contribution in [-0.2, 0) is 0 Å². The lowest BCUT2D eigenvalue weighted by Crippen LogP contribution is -2.17. The number of halogens is 2. The van der Waals surface area contributed by atoms with E-state index in [0.29, 0.717) is 33.0 Å². The highest BCUT2D eigenvalue weighted by Crippen LogP contribution is 2.35. The third-order valence-corrected chi connectivity index (χ3v) is 3.78. The molecule has 0 atom stereocenters. The Morgan fingerprint density at radius 2 is 2.17 bits per heavy atom. The van der Waals surface area contributed by atoms with Crippen LogP contribution in [0.2, 0.25) is 5.02 Å². The van der Waals surface area contributed by atoms with Crippen LogP contribution in [0.5, 0.6) is 11.5 Å². The smallest absolute Gasteiger partial charge is 0.272 e. The predicted molar refractivity (Wildman–Crippen MR) is 93.5 cm³/mol. The summed E-state index contributed by atoms with van der Waals surface area (Å²) in [6.07, 6.45) is 1.45. The Balaban J connectivity index is 2.12. The highest BCUT2D eigenvalue weighted by atomic mass is 79.9. The number of carbonyl (C=O) groups excluding carboxylic acids is 1. The molecule has 7 heteroatoms. The minimum absolute atomic E-state index is 0.0177. The highest BCUT2D eigenvalue weighted by Gasteiger charge is 2.09. The molecule has 2 rings (SSSR count). The molecule has 0 saturated heterocycles. The topological polar surface area (TPSA) is 70.9 Å². The van der Waals surface area contributed by atoms with Gasteiger partial charge in [-0.2, -0.15) is 5.10 Å². The first kappa shape index (κ1) is 17.3. The number of hydrazone groups is 1. The van der Waals surface area contributed by atoms with E-state index in [9.17, 15) is 9.90 Å². The maximum Gasteiger partial charge on any atom is 0.272 e. The van der Waals surface area contributed by atoms with Gasteiger partial charge in [-0.3, -0.25) is 4.79 Å². The second kappa shape index (κ2) is 7.99. The van der Waals surface area contributed by atoms with Crippen LogP contribution < -0.4 is 10.2 Å². The summed E-state index contributed by atoms with van der Waals surface area (Å²) in [5, 5.41) is 14.1. The Hall–Kier alpha value is -2.05. The Labute approximate surface area is 147 Å². The molecule has 0 spiro atoms. The molecule has 0 aliphatic rings. The van der Waals surface area contributed by atoms with Gasteiger partial charge in [0.2, 0.25) is 0 Å². The number of hydrogen-bond acceptors (Lipinski definition) is 4. The van der Waals surface area contributed by atoms with Gasteiger partial charge in [0.25, 0.3) is 5.91 Å². The minimum Gasteiger partial charge on any atom is -0.503 e. The third kappa shape index (κ3) is 4.46. The van der Waals surface area contributed by atoms with Gasteiger partial charge in [0.05, 0.1) is 27.9 Å². The molecule has 0 aliphatic carbocycles. The Bertz CT molecular complexity index is 750. The van der Waals surface area contributed by atoms with Crippen LogP contribution in [0.15, 0.2) is 46.0 Å². The van der Waals surface area contributed by atoms with Crippen molar-refractivity contribution in [3.05, 3.63) is 57.0 Å². The standard InChI is InChI=1S/C16H14BrClN2O3/c1-2-23-14-8-10(7-12(17)15(14)21)9-19-20-16(22)11-5-3-4-6-13(11)18/h3-9,21H,2H2,1H3,(H,20,22)/b19-9-. The maximum absolute atomic E-state index is 12.0. The van der Waals surface area contributed by atoms with Crippen molar-refractivity contribution < 1.29 is 14.6 Å². The molecule has 0 fully saturated rings. The quantitative estimate of drug-likeness (QED) is 0.592. The lowest BCUT2D eigenvalue weighted by molar-refractivity contribution is 0.0955. The van der Waals surface area contributed by atoms with Gasteiger partial charge in [0.15, 0.2) is 11.5 Å². The van der Waals surface area contributed by atoms with Crippen LogP contribution in [0.25, 0.3) is 0 Å². The minimum atomic E-state index is -0.408. The van der Waals surface area contributed by atoms with Crippen molar-refractivity contribution in [3.8, 4) is 11.5 Å². The van der Waals surface area contributed by atoms with Crippen molar-refractivity contribution in [2.75, 3.05) is 6.61 Å². The molecule has 2 aromatic rings. The van der Waals surface area contributed by atoms with Crippen molar-refractivity contribution in [1.29, 1.82) is 0 Å². The number of hydrogen-bond donors (Lipinski definition) is 2. The van der Waals surface area contributed by atoms with E-state index in [1.165, 1.54) is 6.21 Å². The average Bonchev–Trinajstić information content (AvgIpc) is 2.52. The van der Waals surface area contributed by atoms with E-state index in [4.69, 9.17) is 16.3 Å². The fourth-order valence-electron chi connectivity index (χ4n) is 1.80. The van der Waals surface area contributed by atoms with Gasteiger partial charge in [-0.1, -0.05) is 23.7 Å². The van der Waals surface area contributed by atoms with Crippen LogP contribution in [-0.4, -0.2) is 23.8 Å². The molecule has 0 aliphatic heterocycles. The first-order chi connectivity index (χ1) is 11.0. The summed E-state index contributed by atoms with van der Waals surface area (Å²) in [6, 6.07) is 9.97. The highest BCUT2D eigenvalue weighted by molar-refractivity contribution is 9.10. The predicted octanol–water partition coefficient (Wildman–Crippen LogP) is 3.97. The average molecular weight is 398 g/mol. The van der Waals surface area contributed by atoms with Gasteiger partial charge in [-0.05, 0) is 52.7 Å². The number of nitrogens with zero attached hydrogens (tertiary/aromatic N) is 1. The van der Waals surface area contributed by atoms with E-state index in [0.717, 1.165) is 0 Å². The second-order valence-electron chi connectivity index (χ2n) is 4.46. The van der Waals surface area contributed by atoms with E-state index >= 15 is 0 Å². The molecule has 0 heterocycles. The van der Waals surface area contributed by atoms with E-state index < -0.39 is 5.91 Å². The molecule has 0 aromatic heterocycles. The molecule has 2 N–H and O–H groups in total. The second-order valence-corrected chi connectivity index (χ2v) is 5.72. The molecule has 5 nitrogen and oxygen atoms in total. The number of phenolic OH excluding ortho intramolecular Hbond substituents is 1. The van der Waals surface area contributed by atoms with Gasteiger partial charge >= 0.3 is 0 Å². The largest absolute Gasteiger partial charge is 0.503 e. The molecule has 0 bridgehead atoms. The lowest BCUT2D eigenvalue weighted by atomic mass is 10.2. The fourth-order valence-corrected chi connectivity index (χ4v) is 2.49. The number of amides is 1. The zero-order valence-corrected chi connectivity index (χ0v) is 14.6. The number of nitrogens with one attached hydrogen (secondary N) is 1. The monoisotopic (exact) mass is 396 g/mol. The van der Waals surface area contributed by atoms with Crippen LogP contribution in [0.3, 0.4) is 0 Å². The van der Waals surface area contributed by atoms with Gasteiger partial charge in [-0.15, -0.1) is 0 Å². The summed E-state index contributed by atoms with van der Waals surface area (Å²) in [7, 11) is 0. The number of rotatable bonds is 5. The van der Waals surface area contributed by atoms with Gasteiger partial charge in [0, 0.05) is 0 Å². The molecular formula is C16H14BrClN2O3. The van der Waals surface area contributed by atoms with Crippen LogP contribution in [0.1, 0.15) is 22.8 Å². The maximum atomic E-state index is 12.0. The summed E-state index contributed by atoms with van der Waals surface area (Å²) < 4.78 is 5.80. The molecule has 0 unspecified atom stereocenters. The molecular weight excluding hydrogens is 384 g/mol. The molecule has 0 radical (unpaired) electrons. The summed E-state index contributed by atoms with van der Waals surface area (Å²) in [4.78, 5) is 12.0. The van der Waals surface area contributed by atoms with E-state index in [2.05, 4.69) is 26.5 Å². The number of aromatic hydroxyl groups is 1. The fraction of sp³-hybridized carbons (Fsp3) is 0.125. The van der Waals surface area contributed by atoms with E-state index in [-0.39, 0.29) is 5.75 Å². The Kier molecular flexibility index (Phi) is 6.01. The zero-order chi connectivity index (χ0) is 16.8. The Morgan fingerprint density at radius 1 is 1.43 bits per heavy atom. The SMILES string of the molecule is CCOc1cc(/C=N\NC(=O)c2ccccc2Cl)cc(Br)c1O. The van der Waals surface area contributed by atoms with Crippen molar-refractivity contribution in [2.45, 2.75) is 6.92 Å². The van der Waals surface area contributed by atoms with Gasteiger partial charge in [0.1, 0.15) is 0 Å². The van der Waals surface area contributed by atoms with Gasteiger partial charge < -0.3 is 9.84 Å². The number of benzene rings is 2. The Morgan fingerprint density at radius 3 is 2.87 bits per heavy atom. The first-order valence-electron chi connectivity index (χ1n) is 6.76. The van der Waals surface area contributed by atoms with Gasteiger partial charge in [-0.25, -0.2) is 5.43 Å². The molecule has 23 heavy (non-hydrogen) atoms. The van der Waals surface area contributed by atoms with E-state index in [1.807, 2.05) is 6.92 Å². The van der Waals surface area contributed by atoms with Crippen molar-refractivity contribution in [2.24, 2.45) is 5.10 Å². The molecule has 120 valence electrons. The summed E-state index contributed by atoms with van der Waals surface area (Å²) in [6.45, 7) is 2.24. The summed E-state index contributed by atoms with van der Waals surface area (Å²) in [5.41, 5.74) is 3.39. The summed E-state index contributed by atoms with van der Waals surface area (Å²) >= 11 is 9.18. The van der Waals surface area contributed by atoms with Crippen molar-refractivity contribution >= 4 is 39.7 Å². The van der Waals surface area contributed by atoms with Crippen molar-refractivity contribution in [1.82, 2.24) is 5.43 Å². The molecule has 1 amide bonds. The molecule has 0 saturated carbocycles. The van der Waals surface area contributed by atoms with Crippen LogP contribution in [0.4, 0.5) is 0 Å². The van der Waals surface area contributed by atoms with Crippen molar-refractivity contribution in [3.63, 3.8) is 0 Å². The first-order valence-corrected chi connectivity index (χ1v) is 7.93. The third-order valence-electron chi connectivity index (χ3n) is 2.85. The summed E-state index contributed by atoms with van der Waals surface area (Å²) in [5.74, 6) is -0.0559. The number of ether oxygens (including phenoxy) is 1. The van der Waals surface area contributed by atoms with E-state index in [1.54, 1.807) is 36.4 Å². The zero-order valence-electron chi connectivity index (χ0n) is 12.2. The number of carbonyl (C=O) groups is 1. The normalized spacial score (nSPS) is 10.7. The van der Waals surface area contributed by atoms with Crippen LogP contribution >= 0.6 is 27.5 Å². The lowest BCUT2D eigenvalue weighted by Gasteiger charge is -2.08. The molecule has 2 aromatic carbocycles. The van der Waals surface area contributed by atoms with Crippen LogP contribution in [0, 0.1) is 0 Å². The number of phenols is 1.